The number of thioether (sulfide) groups is 1. The van der Waals surface area contributed by atoms with Crippen LogP contribution in [0.25, 0.3) is 0 Å². The fourth-order valence-electron chi connectivity index (χ4n) is 2.68. The summed E-state index contributed by atoms with van der Waals surface area (Å²) in [6.07, 6.45) is 4.71. The van der Waals surface area contributed by atoms with Gasteiger partial charge in [0.05, 0.1) is 0 Å². The minimum Gasteiger partial charge on any atom is -0.355 e. The van der Waals surface area contributed by atoms with Crippen molar-refractivity contribution in [2.75, 3.05) is 25.9 Å². The van der Waals surface area contributed by atoms with Crippen LogP contribution in [0.15, 0.2) is 29.3 Å². The smallest absolute Gasteiger partial charge is 0.251 e. The number of guanidine groups is 1. The van der Waals surface area contributed by atoms with Crippen molar-refractivity contribution in [1.29, 1.82) is 0 Å². The minimum atomic E-state index is -0.000464. The average Bonchev–Trinajstić information content (AvgIpc) is 3.16. The third-order valence-corrected chi connectivity index (χ3v) is 5.63. The highest BCUT2D eigenvalue weighted by Gasteiger charge is 2.15. The van der Waals surface area contributed by atoms with E-state index in [0.717, 1.165) is 37.5 Å². The lowest BCUT2D eigenvalue weighted by atomic mass is 10.1. The van der Waals surface area contributed by atoms with Gasteiger partial charge < -0.3 is 16.0 Å². The lowest BCUT2D eigenvalue weighted by molar-refractivity contribution is 0.0953. The van der Waals surface area contributed by atoms with Crippen LogP contribution >= 0.6 is 11.8 Å². The first-order valence-electron chi connectivity index (χ1n) is 9.16. The lowest BCUT2D eigenvalue weighted by Gasteiger charge is -2.15. The highest BCUT2D eigenvalue weighted by atomic mass is 32.2. The molecule has 1 aliphatic heterocycles. The van der Waals surface area contributed by atoms with Crippen LogP contribution in [0.3, 0.4) is 0 Å². The molecule has 1 saturated heterocycles. The van der Waals surface area contributed by atoms with Crippen molar-refractivity contribution >= 4 is 23.6 Å². The molecular formula is C19H30N4OS. The molecule has 0 saturated carbocycles. The first-order valence-corrected chi connectivity index (χ1v) is 10.2. The number of carbonyl (C=O) groups excluding carboxylic acids is 1. The Morgan fingerprint density at radius 1 is 1.24 bits per heavy atom. The quantitative estimate of drug-likeness (QED) is 0.378. The number of nitrogens with zero attached hydrogens (tertiary/aromatic N) is 1. The van der Waals surface area contributed by atoms with Gasteiger partial charge in [0.2, 0.25) is 0 Å². The molecule has 1 heterocycles. The fourth-order valence-corrected chi connectivity index (χ4v) is 3.88. The monoisotopic (exact) mass is 362 g/mol. The maximum absolute atomic E-state index is 12.0. The van der Waals surface area contributed by atoms with Gasteiger partial charge >= 0.3 is 0 Å². The largest absolute Gasteiger partial charge is 0.355 e. The number of aliphatic imine (C=N–C) groups is 1. The first kappa shape index (κ1) is 19.6. The summed E-state index contributed by atoms with van der Waals surface area (Å²) < 4.78 is 0. The summed E-state index contributed by atoms with van der Waals surface area (Å²) >= 11 is 2.04. The predicted molar refractivity (Wildman–Crippen MR) is 107 cm³/mol. The Morgan fingerprint density at radius 2 is 2.04 bits per heavy atom. The van der Waals surface area contributed by atoms with Gasteiger partial charge in [0, 0.05) is 37.5 Å². The Bertz CT molecular complexity index is 553. The molecule has 1 fully saturated rings. The molecule has 1 aliphatic rings. The number of hydrogen-bond acceptors (Lipinski definition) is 3. The number of carbonyl (C=O) groups is 1. The van der Waals surface area contributed by atoms with E-state index in [0.29, 0.717) is 17.4 Å². The van der Waals surface area contributed by atoms with Crippen molar-refractivity contribution < 1.29 is 4.79 Å². The number of hydrogen-bond donors (Lipinski definition) is 3. The molecule has 1 aromatic carbocycles. The Kier molecular flexibility index (Phi) is 8.66. The highest BCUT2D eigenvalue weighted by molar-refractivity contribution is 8.00. The van der Waals surface area contributed by atoms with Gasteiger partial charge in [-0.25, -0.2) is 0 Å². The van der Waals surface area contributed by atoms with Crippen LogP contribution in [0.1, 0.15) is 48.5 Å². The van der Waals surface area contributed by atoms with Gasteiger partial charge in [-0.15, -0.1) is 0 Å². The number of rotatable bonds is 8. The normalized spacial score (nSPS) is 17.4. The zero-order chi connectivity index (χ0) is 17.9. The van der Waals surface area contributed by atoms with Crippen molar-refractivity contribution in [2.24, 2.45) is 4.99 Å². The molecule has 5 nitrogen and oxygen atoms in total. The van der Waals surface area contributed by atoms with E-state index in [1.807, 2.05) is 36.0 Å². The maximum atomic E-state index is 12.0. The van der Waals surface area contributed by atoms with Crippen molar-refractivity contribution in [3.05, 3.63) is 35.4 Å². The topological polar surface area (TPSA) is 65.5 Å². The standard InChI is InChI=1S/C19H30N4OS/c1-3-4-11-21-18(24)16-9-7-15(8-10-16)13-22-19(20-2)23-14-17-6-5-12-25-17/h7-10,17H,3-6,11-14H2,1-2H3,(H,21,24)(H2,20,22,23). The van der Waals surface area contributed by atoms with E-state index < -0.39 is 0 Å². The third kappa shape index (κ3) is 6.98. The van der Waals surface area contributed by atoms with Gasteiger partial charge in [0.1, 0.15) is 0 Å². The summed E-state index contributed by atoms with van der Waals surface area (Å²) in [4.78, 5) is 16.3. The second kappa shape index (κ2) is 11.0. The van der Waals surface area contributed by atoms with Crippen molar-refractivity contribution in [3.8, 4) is 0 Å². The number of benzene rings is 1. The summed E-state index contributed by atoms with van der Waals surface area (Å²) in [5.41, 5.74) is 1.84. The molecule has 1 amide bonds. The molecule has 138 valence electrons. The Hall–Kier alpha value is -1.69. The van der Waals surface area contributed by atoms with Crippen molar-refractivity contribution in [1.82, 2.24) is 16.0 Å². The van der Waals surface area contributed by atoms with E-state index in [-0.39, 0.29) is 5.91 Å². The van der Waals surface area contributed by atoms with Gasteiger partial charge in [-0.3, -0.25) is 9.79 Å². The van der Waals surface area contributed by atoms with Crippen LogP contribution in [0.4, 0.5) is 0 Å². The van der Waals surface area contributed by atoms with E-state index in [4.69, 9.17) is 0 Å². The van der Waals surface area contributed by atoms with Crippen LogP contribution in [0, 0.1) is 0 Å². The molecule has 0 aromatic heterocycles. The van der Waals surface area contributed by atoms with E-state index >= 15 is 0 Å². The Morgan fingerprint density at radius 3 is 2.68 bits per heavy atom. The predicted octanol–water partition coefficient (Wildman–Crippen LogP) is 2.78. The molecule has 1 atom stereocenters. The minimum absolute atomic E-state index is 0.000464. The fraction of sp³-hybridized carbons (Fsp3) is 0.579. The SMILES string of the molecule is CCCCNC(=O)c1ccc(CNC(=NC)NCC2CCCS2)cc1. The second-order valence-corrected chi connectivity index (χ2v) is 7.66. The van der Waals surface area contributed by atoms with Crippen molar-refractivity contribution in [2.45, 2.75) is 44.4 Å². The molecular weight excluding hydrogens is 332 g/mol. The van der Waals surface area contributed by atoms with Gasteiger partial charge in [-0.2, -0.15) is 11.8 Å². The zero-order valence-corrected chi connectivity index (χ0v) is 16.1. The molecule has 0 bridgehead atoms. The molecule has 1 unspecified atom stereocenters. The molecule has 1 aromatic rings. The number of amides is 1. The summed E-state index contributed by atoms with van der Waals surface area (Å²) in [5, 5.41) is 10.4. The first-order chi connectivity index (χ1) is 12.2. The molecule has 6 heteroatoms. The molecule has 2 rings (SSSR count). The van der Waals surface area contributed by atoms with Crippen LogP contribution in [-0.2, 0) is 6.54 Å². The van der Waals surface area contributed by atoms with Gasteiger partial charge in [0.25, 0.3) is 5.91 Å². The van der Waals surface area contributed by atoms with Crippen molar-refractivity contribution in [3.63, 3.8) is 0 Å². The highest BCUT2D eigenvalue weighted by Crippen LogP contribution is 2.25. The van der Waals surface area contributed by atoms with Crippen LogP contribution in [0.5, 0.6) is 0 Å². The summed E-state index contributed by atoms with van der Waals surface area (Å²) in [7, 11) is 1.79. The summed E-state index contributed by atoms with van der Waals surface area (Å²) in [6.45, 7) is 4.50. The Labute approximate surface area is 155 Å². The molecule has 0 radical (unpaired) electrons. The van der Waals surface area contributed by atoms with Crippen LogP contribution in [0.2, 0.25) is 0 Å². The van der Waals surface area contributed by atoms with Gasteiger partial charge in [-0.1, -0.05) is 25.5 Å². The zero-order valence-electron chi connectivity index (χ0n) is 15.3. The van der Waals surface area contributed by atoms with E-state index in [1.54, 1.807) is 7.05 Å². The molecule has 25 heavy (non-hydrogen) atoms. The Balaban J connectivity index is 1.74. The molecule has 0 aliphatic carbocycles. The van der Waals surface area contributed by atoms with E-state index in [2.05, 4.69) is 27.9 Å². The molecule has 3 N–H and O–H groups in total. The van der Waals surface area contributed by atoms with E-state index in [1.165, 1.54) is 18.6 Å². The summed E-state index contributed by atoms with van der Waals surface area (Å²) in [5.74, 6) is 2.10. The summed E-state index contributed by atoms with van der Waals surface area (Å²) in [6, 6.07) is 7.73. The van der Waals surface area contributed by atoms with Crippen LogP contribution < -0.4 is 16.0 Å². The third-order valence-electron chi connectivity index (χ3n) is 4.24. The van der Waals surface area contributed by atoms with Gasteiger partial charge in [-0.05, 0) is 42.7 Å². The maximum Gasteiger partial charge on any atom is 0.251 e. The van der Waals surface area contributed by atoms with Crippen LogP contribution in [-0.4, -0.2) is 43.0 Å². The molecule has 0 spiro atoms. The average molecular weight is 363 g/mol. The van der Waals surface area contributed by atoms with E-state index in [9.17, 15) is 4.79 Å². The lowest BCUT2D eigenvalue weighted by Crippen LogP contribution is -2.39. The second-order valence-electron chi connectivity index (χ2n) is 6.25. The van der Waals surface area contributed by atoms with Gasteiger partial charge in [0.15, 0.2) is 5.96 Å². The number of unbranched alkanes of at least 4 members (excludes halogenated alkanes) is 1. The number of nitrogens with one attached hydrogen (secondary N) is 3.